The molecule has 0 aliphatic carbocycles. The van der Waals surface area contributed by atoms with Crippen molar-refractivity contribution in [2.24, 2.45) is 4.99 Å². The zero-order valence-corrected chi connectivity index (χ0v) is 17.9. The zero-order chi connectivity index (χ0) is 18.1. The number of guanidine groups is 1. The molecule has 26 heavy (non-hydrogen) atoms. The van der Waals surface area contributed by atoms with Gasteiger partial charge in [0.05, 0.1) is 6.54 Å². The predicted octanol–water partition coefficient (Wildman–Crippen LogP) is 3.05. The minimum absolute atomic E-state index is 0. The van der Waals surface area contributed by atoms with Crippen molar-refractivity contribution in [2.75, 3.05) is 27.2 Å². The molecule has 0 heterocycles. The number of rotatable bonds is 6. The Morgan fingerprint density at radius 3 is 2.35 bits per heavy atom. The van der Waals surface area contributed by atoms with E-state index in [2.05, 4.69) is 27.8 Å². The Morgan fingerprint density at radius 1 is 1.00 bits per heavy atom. The third-order valence-electron chi connectivity index (χ3n) is 3.65. The fraction of sp³-hybridized carbons (Fsp3) is 0.300. The van der Waals surface area contributed by atoms with E-state index < -0.39 is 0 Å². The SMILES string of the molecule is Cc1cccc(C(=O)NCCNC(=NCc2ccccc2)N(C)C)c1.I. The summed E-state index contributed by atoms with van der Waals surface area (Å²) in [5.74, 6) is 0.742. The second-order valence-corrected chi connectivity index (χ2v) is 6.07. The third-order valence-corrected chi connectivity index (χ3v) is 3.65. The molecular weight excluding hydrogens is 439 g/mol. The minimum Gasteiger partial charge on any atom is -0.354 e. The van der Waals surface area contributed by atoms with Gasteiger partial charge in [0.2, 0.25) is 0 Å². The maximum Gasteiger partial charge on any atom is 0.251 e. The lowest BCUT2D eigenvalue weighted by Crippen LogP contribution is -2.41. The van der Waals surface area contributed by atoms with Crippen molar-refractivity contribution in [3.05, 3.63) is 71.3 Å². The molecule has 2 aromatic rings. The summed E-state index contributed by atoms with van der Waals surface area (Å²) in [6.45, 7) is 3.75. The summed E-state index contributed by atoms with van der Waals surface area (Å²) in [4.78, 5) is 18.6. The van der Waals surface area contributed by atoms with Gasteiger partial charge in [0.25, 0.3) is 5.91 Å². The van der Waals surface area contributed by atoms with E-state index in [1.165, 1.54) is 0 Å². The van der Waals surface area contributed by atoms with Crippen LogP contribution in [0.5, 0.6) is 0 Å². The molecule has 5 nitrogen and oxygen atoms in total. The van der Waals surface area contributed by atoms with Gasteiger partial charge in [-0.15, -0.1) is 24.0 Å². The molecule has 2 N–H and O–H groups in total. The number of nitrogens with one attached hydrogen (secondary N) is 2. The summed E-state index contributed by atoms with van der Waals surface area (Å²) < 4.78 is 0. The Bertz CT molecular complexity index is 717. The molecule has 0 unspecified atom stereocenters. The van der Waals surface area contributed by atoms with E-state index in [1.54, 1.807) is 0 Å². The number of carbonyl (C=O) groups is 1. The molecule has 0 aliphatic heterocycles. The summed E-state index contributed by atoms with van der Waals surface area (Å²) >= 11 is 0. The Hall–Kier alpha value is -2.09. The monoisotopic (exact) mass is 466 g/mol. The largest absolute Gasteiger partial charge is 0.354 e. The average Bonchev–Trinajstić information content (AvgIpc) is 2.61. The van der Waals surface area contributed by atoms with Crippen LogP contribution in [0, 0.1) is 6.92 Å². The van der Waals surface area contributed by atoms with Crippen LogP contribution in [0.1, 0.15) is 21.5 Å². The minimum atomic E-state index is -0.0573. The number of amides is 1. The molecule has 140 valence electrons. The number of benzene rings is 2. The number of halogens is 1. The van der Waals surface area contributed by atoms with Gasteiger partial charge in [0.15, 0.2) is 5.96 Å². The highest BCUT2D eigenvalue weighted by molar-refractivity contribution is 14.0. The molecule has 0 bridgehead atoms. The quantitative estimate of drug-likeness (QED) is 0.298. The number of aliphatic imine (C=N–C) groups is 1. The predicted molar refractivity (Wildman–Crippen MR) is 118 cm³/mol. The highest BCUT2D eigenvalue weighted by Gasteiger charge is 2.05. The maximum absolute atomic E-state index is 12.1. The summed E-state index contributed by atoms with van der Waals surface area (Å²) in [5.41, 5.74) is 2.93. The molecule has 0 fully saturated rings. The van der Waals surface area contributed by atoms with E-state index in [-0.39, 0.29) is 29.9 Å². The van der Waals surface area contributed by atoms with Gasteiger partial charge in [-0.1, -0.05) is 48.0 Å². The topological polar surface area (TPSA) is 56.7 Å². The van der Waals surface area contributed by atoms with E-state index in [0.717, 1.165) is 17.1 Å². The van der Waals surface area contributed by atoms with Crippen LogP contribution in [-0.4, -0.2) is 44.0 Å². The van der Waals surface area contributed by atoms with Gasteiger partial charge in [0, 0.05) is 32.7 Å². The van der Waals surface area contributed by atoms with E-state index >= 15 is 0 Å². The van der Waals surface area contributed by atoms with Crippen molar-refractivity contribution in [3.63, 3.8) is 0 Å². The van der Waals surface area contributed by atoms with Crippen molar-refractivity contribution in [1.29, 1.82) is 0 Å². The van der Waals surface area contributed by atoms with Gasteiger partial charge in [0.1, 0.15) is 0 Å². The molecule has 0 spiro atoms. The van der Waals surface area contributed by atoms with Crippen molar-refractivity contribution >= 4 is 35.8 Å². The molecular formula is C20H27IN4O. The Kier molecular flexibility index (Phi) is 9.72. The maximum atomic E-state index is 12.1. The Labute approximate surface area is 172 Å². The molecule has 0 aromatic heterocycles. The van der Waals surface area contributed by atoms with Crippen LogP contribution in [0.4, 0.5) is 0 Å². The fourth-order valence-corrected chi connectivity index (χ4v) is 2.34. The molecule has 0 saturated heterocycles. The van der Waals surface area contributed by atoms with Gasteiger partial charge in [-0.25, -0.2) is 4.99 Å². The molecule has 0 saturated carbocycles. The van der Waals surface area contributed by atoms with Crippen LogP contribution in [0.3, 0.4) is 0 Å². The smallest absolute Gasteiger partial charge is 0.251 e. The van der Waals surface area contributed by atoms with E-state index in [1.807, 2.05) is 68.4 Å². The van der Waals surface area contributed by atoms with Crippen LogP contribution in [0.25, 0.3) is 0 Å². The molecule has 0 atom stereocenters. The summed E-state index contributed by atoms with van der Waals surface area (Å²) in [5, 5.41) is 6.19. The Balaban J connectivity index is 0.00000338. The van der Waals surface area contributed by atoms with Crippen LogP contribution in [0.2, 0.25) is 0 Å². The van der Waals surface area contributed by atoms with Crippen LogP contribution >= 0.6 is 24.0 Å². The third kappa shape index (κ3) is 7.43. The number of hydrogen-bond donors (Lipinski definition) is 2. The standard InChI is InChI=1S/C20H26N4O.HI/c1-16-8-7-11-18(14-16)19(25)21-12-13-22-20(24(2)3)23-15-17-9-5-4-6-10-17;/h4-11,14H,12-13,15H2,1-3H3,(H,21,25)(H,22,23);1H. The van der Waals surface area contributed by atoms with E-state index in [0.29, 0.717) is 25.2 Å². The van der Waals surface area contributed by atoms with Gasteiger partial charge in [-0.3, -0.25) is 4.79 Å². The molecule has 0 aliphatic rings. The molecule has 1 amide bonds. The van der Waals surface area contributed by atoms with Crippen LogP contribution in [-0.2, 0) is 6.54 Å². The average molecular weight is 466 g/mol. The number of aryl methyl sites for hydroxylation is 1. The lowest BCUT2D eigenvalue weighted by atomic mass is 10.1. The van der Waals surface area contributed by atoms with Crippen molar-refractivity contribution in [3.8, 4) is 0 Å². The van der Waals surface area contributed by atoms with Crippen molar-refractivity contribution in [2.45, 2.75) is 13.5 Å². The van der Waals surface area contributed by atoms with Gasteiger partial charge in [-0.05, 0) is 24.6 Å². The number of nitrogens with zero attached hydrogens (tertiary/aromatic N) is 2. The highest BCUT2D eigenvalue weighted by atomic mass is 127. The number of carbonyl (C=O) groups excluding carboxylic acids is 1. The van der Waals surface area contributed by atoms with Crippen molar-refractivity contribution < 1.29 is 4.79 Å². The normalized spacial score (nSPS) is 10.7. The summed E-state index contributed by atoms with van der Waals surface area (Å²) in [6, 6.07) is 17.7. The van der Waals surface area contributed by atoms with Crippen LogP contribution < -0.4 is 10.6 Å². The lowest BCUT2D eigenvalue weighted by Gasteiger charge is -2.18. The molecule has 6 heteroatoms. The molecule has 2 aromatic carbocycles. The first-order valence-corrected chi connectivity index (χ1v) is 8.40. The summed E-state index contributed by atoms with van der Waals surface area (Å²) in [7, 11) is 3.89. The number of hydrogen-bond acceptors (Lipinski definition) is 2. The van der Waals surface area contributed by atoms with Crippen molar-refractivity contribution in [1.82, 2.24) is 15.5 Å². The first-order chi connectivity index (χ1) is 12.1. The van der Waals surface area contributed by atoms with Gasteiger partial charge >= 0.3 is 0 Å². The van der Waals surface area contributed by atoms with Crippen LogP contribution in [0.15, 0.2) is 59.6 Å². The fourth-order valence-electron chi connectivity index (χ4n) is 2.34. The van der Waals surface area contributed by atoms with Gasteiger partial charge in [-0.2, -0.15) is 0 Å². The zero-order valence-electron chi connectivity index (χ0n) is 15.5. The summed E-state index contributed by atoms with van der Waals surface area (Å²) in [6.07, 6.45) is 0. The van der Waals surface area contributed by atoms with E-state index in [4.69, 9.17) is 0 Å². The second kappa shape index (κ2) is 11.5. The van der Waals surface area contributed by atoms with E-state index in [9.17, 15) is 4.79 Å². The molecule has 0 radical (unpaired) electrons. The first kappa shape index (κ1) is 22.0. The lowest BCUT2D eigenvalue weighted by molar-refractivity contribution is 0.0954. The second-order valence-electron chi connectivity index (χ2n) is 6.07. The van der Waals surface area contributed by atoms with Gasteiger partial charge < -0.3 is 15.5 Å². The Morgan fingerprint density at radius 2 is 1.69 bits per heavy atom. The highest BCUT2D eigenvalue weighted by Crippen LogP contribution is 2.03. The first-order valence-electron chi connectivity index (χ1n) is 8.40. The molecule has 2 rings (SSSR count).